The maximum Gasteiger partial charge on any atom is 0.338 e. The predicted molar refractivity (Wildman–Crippen MR) is 348 cm³/mol. The highest BCUT2D eigenvalue weighted by atomic mass is 16.4. The molecule has 0 saturated carbocycles. The van der Waals surface area contributed by atoms with Gasteiger partial charge in [-0.2, -0.15) is 5.10 Å². The van der Waals surface area contributed by atoms with E-state index in [9.17, 15) is 63.0 Å². The Labute approximate surface area is 548 Å². The number of unbranched alkanes of at least 4 members (excludes halogenated alkanes) is 1. The number of fused-ring (bicyclic) bond motifs is 1. The standard InChI is InChI=1S/C63H89N19O13/c1-2-3-16-45(74-53(84)21-25-69-52(83)20-12-26-81(27-22-64)28-29-82-37-41(35-73-82)61(92)93)55(86)80-51-33-54(85)68-23-10-9-18-47(62(94)95)76-58(89)49(31-40-34-71-44-17-8-7-15-43(40)44)78-56(87)46(19-11-24-70-63(65)66)75-57(88)48(30-39-13-5-4-6-14-39)77-59(90)50(79-60(51)91)32-42-36-67-38-72-42/h4-8,13-15,17,34-38,45-51,71H,2-3,9-12,16,18-33,64H2,1H3,(H,67,72)(H,68,85)(H,69,83)(H,74,84)(H,75,88)(H,76,89)(H,77,90)(H,78,87)(H,79,91)(H,80,86)(H,92,93)(H,94,95)(H4,65,66,70)/t45-,46-,47-,48+,49-,50-,51-/m0/s1. The molecule has 1 fully saturated rings. The number of aromatic amines is 2. The van der Waals surface area contributed by atoms with Gasteiger partial charge in [0.05, 0.1) is 31.1 Å². The maximum absolute atomic E-state index is 14.9. The van der Waals surface area contributed by atoms with Gasteiger partial charge in [0.15, 0.2) is 5.96 Å². The Morgan fingerprint density at radius 2 is 1.45 bits per heavy atom. The van der Waals surface area contributed by atoms with E-state index in [1.807, 2.05) is 30.0 Å². The first-order valence-electron chi connectivity index (χ1n) is 31.9. The minimum atomic E-state index is -1.71. The fourth-order valence-corrected chi connectivity index (χ4v) is 10.6. The molecule has 32 nitrogen and oxygen atoms in total. The lowest BCUT2D eigenvalue weighted by molar-refractivity contribution is -0.142. The number of imidazole rings is 1. The highest BCUT2D eigenvalue weighted by Crippen LogP contribution is 2.20. The molecule has 6 rings (SSSR count). The molecule has 0 bridgehead atoms. The number of amides is 9. The van der Waals surface area contributed by atoms with Gasteiger partial charge in [-0.05, 0) is 68.7 Å². The van der Waals surface area contributed by atoms with E-state index in [1.165, 1.54) is 29.6 Å². The second-order valence-electron chi connectivity index (χ2n) is 23.1. The second-order valence-corrected chi connectivity index (χ2v) is 23.1. The van der Waals surface area contributed by atoms with Gasteiger partial charge in [0.25, 0.3) is 0 Å². The van der Waals surface area contributed by atoms with Crippen molar-refractivity contribution in [2.75, 3.05) is 45.8 Å². The molecule has 7 atom stereocenters. The van der Waals surface area contributed by atoms with Crippen LogP contribution in [0.5, 0.6) is 0 Å². The Kier molecular flexibility index (Phi) is 30.1. The van der Waals surface area contributed by atoms with E-state index >= 15 is 0 Å². The molecular weight excluding hydrogens is 1230 g/mol. The number of rotatable bonds is 30. The summed E-state index contributed by atoms with van der Waals surface area (Å²) < 4.78 is 1.51. The van der Waals surface area contributed by atoms with Crippen LogP contribution in [-0.2, 0) is 73.8 Å². The largest absolute Gasteiger partial charge is 0.480 e. The molecule has 2 aromatic carbocycles. The number of aliphatic carboxylic acids is 1. The molecule has 1 saturated heterocycles. The van der Waals surface area contributed by atoms with Crippen molar-refractivity contribution >= 4 is 82.0 Å². The van der Waals surface area contributed by atoms with Gasteiger partial charge in [-0.25, -0.2) is 14.6 Å². The summed E-state index contributed by atoms with van der Waals surface area (Å²) in [5, 5.41) is 48.6. The zero-order valence-corrected chi connectivity index (χ0v) is 53.2. The van der Waals surface area contributed by atoms with Gasteiger partial charge in [-0.3, -0.25) is 52.8 Å². The molecule has 0 unspecified atom stereocenters. The van der Waals surface area contributed by atoms with Gasteiger partial charge in [0, 0.05) is 107 Å². The van der Waals surface area contributed by atoms with E-state index in [1.54, 1.807) is 42.6 Å². The Hall–Kier alpha value is -10.2. The highest BCUT2D eigenvalue weighted by molar-refractivity contribution is 5.99. The van der Waals surface area contributed by atoms with E-state index in [4.69, 9.17) is 17.2 Å². The van der Waals surface area contributed by atoms with E-state index in [0.717, 1.165) is 10.9 Å². The molecule has 19 N–H and O–H groups in total. The zero-order chi connectivity index (χ0) is 68.7. The average molecular weight is 1320 g/mol. The summed E-state index contributed by atoms with van der Waals surface area (Å²) in [7, 11) is 0. The van der Waals surface area contributed by atoms with Crippen LogP contribution in [0.2, 0.25) is 0 Å². The SMILES string of the molecule is CCCC[C@H](NC(=O)CCNC(=O)CCCN(CCN)CCn1cc(C(=O)O)cn1)C(=O)N[C@H]1CC(=O)NCCCC[C@@H](C(=O)O)NC(=O)[C@H](Cc2c[nH]c3ccccc23)NC(=O)[C@H](CCCN=C(N)N)NC(=O)[C@@H](Cc2ccccc2)NC(=O)[C@H](Cc2cnc[nH]2)NC1=O. The molecule has 0 aliphatic carbocycles. The minimum Gasteiger partial charge on any atom is -0.480 e. The Balaban J connectivity index is 1.23. The fourth-order valence-electron chi connectivity index (χ4n) is 10.6. The number of guanidine groups is 1. The van der Waals surface area contributed by atoms with E-state index in [0.29, 0.717) is 68.8 Å². The molecule has 0 radical (unpaired) electrons. The topological polar surface area (TPSA) is 492 Å². The number of aliphatic imine (C=N–C) groups is 1. The van der Waals surface area contributed by atoms with Crippen LogP contribution in [0.25, 0.3) is 10.9 Å². The highest BCUT2D eigenvalue weighted by Gasteiger charge is 2.36. The normalized spacial score (nSPS) is 19.2. The molecule has 5 aromatic rings. The lowest BCUT2D eigenvalue weighted by Crippen LogP contribution is -2.61. The number of hydrogen-bond donors (Lipinski definition) is 16. The van der Waals surface area contributed by atoms with Crippen molar-refractivity contribution in [1.82, 2.24) is 77.5 Å². The number of aromatic carboxylic acids is 1. The number of H-pyrrole nitrogens is 2. The van der Waals surface area contributed by atoms with Crippen molar-refractivity contribution in [3.05, 3.63) is 108 Å². The minimum absolute atomic E-state index is 0.0233. The van der Waals surface area contributed by atoms with E-state index in [2.05, 4.69) is 72.9 Å². The maximum atomic E-state index is 14.9. The van der Waals surface area contributed by atoms with Crippen LogP contribution in [0.4, 0.5) is 0 Å². The predicted octanol–water partition coefficient (Wildman–Crippen LogP) is -1.53. The number of carbonyl (C=O) groups is 11. The first-order chi connectivity index (χ1) is 45.7. The van der Waals surface area contributed by atoms with Gasteiger partial charge >= 0.3 is 11.9 Å². The van der Waals surface area contributed by atoms with Crippen LogP contribution in [0, 0.1) is 0 Å². The summed E-state index contributed by atoms with van der Waals surface area (Å²) in [6.07, 6.45) is 7.50. The van der Waals surface area contributed by atoms with Gasteiger partial charge < -0.3 is 90.1 Å². The number of carboxylic acids is 2. The van der Waals surface area contributed by atoms with Gasteiger partial charge in [-0.1, -0.05) is 68.3 Å². The van der Waals surface area contributed by atoms with E-state index in [-0.39, 0.29) is 108 Å². The van der Waals surface area contributed by atoms with Gasteiger partial charge in [0.1, 0.15) is 42.3 Å². The van der Waals surface area contributed by atoms with Gasteiger partial charge in [-0.15, -0.1) is 0 Å². The van der Waals surface area contributed by atoms with Gasteiger partial charge in [0.2, 0.25) is 53.2 Å². The van der Waals surface area contributed by atoms with Crippen LogP contribution in [0.15, 0.2) is 90.7 Å². The number of carboxylic acid groups (broad SMARTS) is 2. The number of nitrogens with one attached hydrogen (secondary N) is 11. The number of hydrogen-bond acceptors (Lipinski definition) is 16. The molecule has 9 amide bonds. The summed E-state index contributed by atoms with van der Waals surface area (Å²) in [5.74, 6) is -9.74. The molecule has 514 valence electrons. The fraction of sp³-hybridized carbons (Fsp3) is 0.492. The second kappa shape index (κ2) is 38.7. The van der Waals surface area contributed by atoms with Crippen LogP contribution in [-0.4, -0.2) is 199 Å². The lowest BCUT2D eigenvalue weighted by atomic mass is 10.0. The summed E-state index contributed by atoms with van der Waals surface area (Å²) in [4.78, 5) is 169. The van der Waals surface area contributed by atoms with Crippen molar-refractivity contribution < 1.29 is 63.0 Å². The molecule has 32 heteroatoms. The van der Waals surface area contributed by atoms with E-state index < -0.39 is 108 Å². The molecule has 95 heavy (non-hydrogen) atoms. The van der Waals surface area contributed by atoms with Crippen LogP contribution in [0.3, 0.4) is 0 Å². The number of nitrogens with two attached hydrogens (primary N) is 3. The van der Waals surface area contributed by atoms with Crippen molar-refractivity contribution in [2.45, 2.75) is 152 Å². The number of aromatic nitrogens is 5. The quantitative estimate of drug-likeness (QED) is 0.0141. The third kappa shape index (κ3) is 25.3. The summed E-state index contributed by atoms with van der Waals surface area (Å²) in [6, 6.07) is 5.55. The number of carbonyl (C=O) groups excluding carboxylic acids is 9. The first-order valence-corrected chi connectivity index (χ1v) is 31.9. The van der Waals surface area contributed by atoms with Crippen molar-refractivity contribution in [2.24, 2.45) is 22.2 Å². The lowest BCUT2D eigenvalue weighted by Gasteiger charge is -2.28. The monoisotopic (exact) mass is 1320 g/mol. The average Bonchev–Trinajstić information content (AvgIpc) is 1.79. The van der Waals surface area contributed by atoms with Crippen LogP contribution >= 0.6 is 0 Å². The van der Waals surface area contributed by atoms with Crippen molar-refractivity contribution in [1.29, 1.82) is 0 Å². The van der Waals surface area contributed by atoms with Crippen molar-refractivity contribution in [3.63, 3.8) is 0 Å². The Morgan fingerprint density at radius 3 is 2.15 bits per heavy atom. The molecule has 4 heterocycles. The van der Waals surface area contributed by atoms with Crippen LogP contribution in [0.1, 0.15) is 111 Å². The molecule has 1 aliphatic heterocycles. The van der Waals surface area contributed by atoms with Crippen molar-refractivity contribution in [3.8, 4) is 0 Å². The third-order valence-electron chi connectivity index (χ3n) is 15.7. The number of benzene rings is 2. The molecular formula is C63H89N19O13. The number of para-hydroxylation sites is 1. The summed E-state index contributed by atoms with van der Waals surface area (Å²) in [5.41, 5.74) is 19.4. The molecule has 3 aromatic heterocycles. The third-order valence-corrected chi connectivity index (χ3v) is 15.7. The Bertz CT molecular complexity index is 3390. The molecule has 1 aliphatic rings. The first kappa shape index (κ1) is 73.8. The number of nitrogens with zero attached hydrogens (tertiary/aromatic N) is 5. The zero-order valence-electron chi connectivity index (χ0n) is 53.2. The summed E-state index contributed by atoms with van der Waals surface area (Å²) >= 11 is 0. The Morgan fingerprint density at radius 1 is 0.758 bits per heavy atom. The summed E-state index contributed by atoms with van der Waals surface area (Å²) in [6.45, 7) is 4.02. The van der Waals surface area contributed by atoms with Crippen LogP contribution < -0.4 is 65.1 Å². The molecule has 0 spiro atoms. The smallest absolute Gasteiger partial charge is 0.338 e.